The molecule has 0 unspecified atom stereocenters. The lowest BCUT2D eigenvalue weighted by atomic mass is 9.97. The monoisotopic (exact) mass is 209 g/mol. The van der Waals surface area contributed by atoms with Crippen molar-refractivity contribution in [2.24, 2.45) is 5.73 Å². The molecule has 0 fully saturated rings. The molecule has 0 saturated carbocycles. The summed E-state index contributed by atoms with van der Waals surface area (Å²) in [4.78, 5) is 10.6. The Balaban J connectivity index is 3.17. The van der Waals surface area contributed by atoms with Crippen LogP contribution in [-0.2, 0) is 10.5 Å². The molecule has 0 spiro atoms. The Labute approximate surface area is 88.7 Å². The van der Waals surface area contributed by atoms with E-state index in [1.807, 2.05) is 0 Å². The van der Waals surface area contributed by atoms with Crippen LogP contribution in [0.1, 0.15) is 22.8 Å². The smallest absolute Gasteiger partial charge is 0.168 e. The minimum Gasteiger partial charge on any atom is -0.389 e. The molecule has 0 bridgehead atoms. The van der Waals surface area contributed by atoms with E-state index in [1.54, 1.807) is 24.3 Å². The highest BCUT2D eigenvalue weighted by Gasteiger charge is 2.32. The van der Waals surface area contributed by atoms with Crippen LogP contribution in [0.5, 0.6) is 0 Å². The molecule has 0 aliphatic heterocycles. The first-order valence-electron chi connectivity index (χ1n) is 4.62. The molecule has 4 heteroatoms. The lowest BCUT2D eigenvalue weighted by Gasteiger charge is -2.31. The average Bonchev–Trinajstić information content (AvgIpc) is 2.27. The zero-order chi connectivity index (χ0) is 11.5. The summed E-state index contributed by atoms with van der Waals surface area (Å²) in [7, 11) is 1.42. The minimum absolute atomic E-state index is 0.500. The summed E-state index contributed by atoms with van der Waals surface area (Å²) in [5.41, 5.74) is 5.69. The molecule has 1 aromatic carbocycles. The molecule has 0 aliphatic carbocycles. The highest BCUT2D eigenvalue weighted by molar-refractivity contribution is 5.75. The highest BCUT2D eigenvalue weighted by Crippen LogP contribution is 2.23. The third kappa shape index (κ3) is 2.23. The molecule has 0 radical (unpaired) electrons. The second kappa shape index (κ2) is 4.53. The molecule has 0 heterocycles. The van der Waals surface area contributed by atoms with E-state index < -0.39 is 11.8 Å². The first-order chi connectivity index (χ1) is 7.04. The number of benzene rings is 1. The van der Waals surface area contributed by atoms with Crippen molar-refractivity contribution in [3.63, 3.8) is 0 Å². The standard InChI is InChI=1S/C11H15NO3/c1-8(14)11(12,15-2)10-5-3-4-9(6-10)7-13/h3-8,14H,12H2,1-2H3/t8-,11+/m0/s1. The Morgan fingerprint density at radius 3 is 2.73 bits per heavy atom. The zero-order valence-electron chi connectivity index (χ0n) is 8.81. The van der Waals surface area contributed by atoms with Crippen molar-refractivity contribution in [2.75, 3.05) is 7.11 Å². The van der Waals surface area contributed by atoms with Gasteiger partial charge in [0, 0.05) is 18.2 Å². The largest absolute Gasteiger partial charge is 0.389 e. The fraction of sp³-hybridized carbons (Fsp3) is 0.364. The average molecular weight is 209 g/mol. The van der Waals surface area contributed by atoms with E-state index in [1.165, 1.54) is 14.0 Å². The third-order valence-electron chi connectivity index (χ3n) is 2.43. The highest BCUT2D eigenvalue weighted by atomic mass is 16.5. The molecular weight excluding hydrogens is 194 g/mol. The van der Waals surface area contributed by atoms with Gasteiger partial charge >= 0.3 is 0 Å². The molecule has 3 N–H and O–H groups in total. The number of nitrogens with two attached hydrogens (primary N) is 1. The molecule has 15 heavy (non-hydrogen) atoms. The van der Waals surface area contributed by atoms with Crippen molar-refractivity contribution in [3.8, 4) is 0 Å². The number of ether oxygens (including phenoxy) is 1. The summed E-state index contributed by atoms with van der Waals surface area (Å²) in [6.07, 6.45) is -0.147. The number of hydrogen-bond donors (Lipinski definition) is 2. The van der Waals surface area contributed by atoms with Crippen LogP contribution in [0.2, 0.25) is 0 Å². The molecule has 0 aromatic heterocycles. The number of aliphatic hydroxyl groups excluding tert-OH is 1. The van der Waals surface area contributed by atoms with Gasteiger partial charge in [-0.3, -0.25) is 10.5 Å². The van der Waals surface area contributed by atoms with Crippen molar-refractivity contribution in [1.29, 1.82) is 0 Å². The van der Waals surface area contributed by atoms with Crippen LogP contribution in [0, 0.1) is 0 Å². The van der Waals surface area contributed by atoms with Gasteiger partial charge in [-0.1, -0.05) is 18.2 Å². The number of aliphatic hydroxyl groups is 1. The van der Waals surface area contributed by atoms with Gasteiger partial charge in [0.25, 0.3) is 0 Å². The molecule has 4 nitrogen and oxygen atoms in total. The van der Waals surface area contributed by atoms with Crippen LogP contribution in [0.25, 0.3) is 0 Å². The Hall–Kier alpha value is -1.23. The normalized spacial score (nSPS) is 16.8. The molecular formula is C11H15NO3. The molecule has 1 rings (SSSR count). The summed E-state index contributed by atoms with van der Waals surface area (Å²) < 4.78 is 5.10. The van der Waals surface area contributed by atoms with Crippen molar-refractivity contribution >= 4 is 6.29 Å². The van der Waals surface area contributed by atoms with E-state index in [4.69, 9.17) is 10.5 Å². The quantitative estimate of drug-likeness (QED) is 0.563. The summed E-state index contributed by atoms with van der Waals surface area (Å²) in [5.74, 6) is 0. The van der Waals surface area contributed by atoms with Gasteiger partial charge in [-0.25, -0.2) is 0 Å². The van der Waals surface area contributed by atoms with E-state index >= 15 is 0 Å². The van der Waals surface area contributed by atoms with Crippen molar-refractivity contribution in [1.82, 2.24) is 0 Å². The third-order valence-corrected chi connectivity index (χ3v) is 2.43. The topological polar surface area (TPSA) is 72.5 Å². The first-order valence-corrected chi connectivity index (χ1v) is 4.62. The van der Waals surface area contributed by atoms with E-state index in [2.05, 4.69) is 0 Å². The summed E-state index contributed by atoms with van der Waals surface area (Å²) in [5, 5.41) is 9.55. The van der Waals surface area contributed by atoms with Crippen molar-refractivity contribution in [3.05, 3.63) is 35.4 Å². The maximum atomic E-state index is 10.6. The van der Waals surface area contributed by atoms with Gasteiger partial charge in [0.15, 0.2) is 5.72 Å². The number of aldehydes is 1. The number of hydrogen-bond acceptors (Lipinski definition) is 4. The maximum absolute atomic E-state index is 10.6. The Morgan fingerprint density at radius 2 is 2.27 bits per heavy atom. The fourth-order valence-corrected chi connectivity index (χ4v) is 1.38. The Bertz CT molecular complexity index is 351. The van der Waals surface area contributed by atoms with Gasteiger partial charge in [-0.2, -0.15) is 0 Å². The van der Waals surface area contributed by atoms with Crippen LogP contribution in [0.3, 0.4) is 0 Å². The van der Waals surface area contributed by atoms with E-state index in [0.29, 0.717) is 11.1 Å². The Kier molecular flexibility index (Phi) is 3.57. The fourth-order valence-electron chi connectivity index (χ4n) is 1.38. The lowest BCUT2D eigenvalue weighted by Crippen LogP contribution is -2.48. The minimum atomic E-state index is -1.28. The molecule has 1 aromatic rings. The SMILES string of the molecule is CO[C@@](N)(c1cccc(C=O)c1)[C@H](C)O. The predicted molar refractivity (Wildman–Crippen MR) is 56.4 cm³/mol. The second-order valence-corrected chi connectivity index (χ2v) is 3.42. The molecule has 0 aliphatic rings. The molecule has 0 saturated heterocycles. The van der Waals surface area contributed by atoms with Crippen LogP contribution in [0.4, 0.5) is 0 Å². The van der Waals surface area contributed by atoms with E-state index in [0.717, 1.165) is 6.29 Å². The van der Waals surface area contributed by atoms with Crippen molar-refractivity contribution < 1.29 is 14.6 Å². The van der Waals surface area contributed by atoms with Crippen LogP contribution in [0.15, 0.2) is 24.3 Å². The summed E-state index contributed by atoms with van der Waals surface area (Å²) in [6, 6.07) is 6.67. The van der Waals surface area contributed by atoms with E-state index in [-0.39, 0.29) is 0 Å². The van der Waals surface area contributed by atoms with Gasteiger partial charge in [-0.05, 0) is 13.0 Å². The van der Waals surface area contributed by atoms with E-state index in [9.17, 15) is 9.90 Å². The summed E-state index contributed by atoms with van der Waals surface area (Å²) in [6.45, 7) is 1.54. The van der Waals surface area contributed by atoms with Crippen LogP contribution < -0.4 is 5.73 Å². The second-order valence-electron chi connectivity index (χ2n) is 3.42. The predicted octanol–water partition coefficient (Wildman–Crippen LogP) is 0.638. The number of methoxy groups -OCH3 is 1. The molecule has 82 valence electrons. The number of carbonyl (C=O) groups excluding carboxylic acids is 1. The number of carbonyl (C=O) groups is 1. The summed E-state index contributed by atoms with van der Waals surface area (Å²) >= 11 is 0. The van der Waals surface area contributed by atoms with Crippen LogP contribution in [-0.4, -0.2) is 24.6 Å². The van der Waals surface area contributed by atoms with Crippen molar-refractivity contribution in [2.45, 2.75) is 18.8 Å². The molecule has 0 amide bonds. The van der Waals surface area contributed by atoms with Gasteiger partial charge in [0.2, 0.25) is 0 Å². The lowest BCUT2D eigenvalue weighted by molar-refractivity contribution is -0.0970. The van der Waals surface area contributed by atoms with Gasteiger partial charge < -0.3 is 9.84 Å². The van der Waals surface area contributed by atoms with Gasteiger partial charge in [0.1, 0.15) is 6.29 Å². The van der Waals surface area contributed by atoms with Gasteiger partial charge in [0.05, 0.1) is 6.10 Å². The molecule has 2 atom stereocenters. The van der Waals surface area contributed by atoms with Gasteiger partial charge in [-0.15, -0.1) is 0 Å². The number of rotatable bonds is 4. The maximum Gasteiger partial charge on any atom is 0.168 e. The van der Waals surface area contributed by atoms with Crippen LogP contribution >= 0.6 is 0 Å². The Morgan fingerprint density at radius 1 is 1.60 bits per heavy atom. The zero-order valence-corrected chi connectivity index (χ0v) is 8.81. The first kappa shape index (κ1) is 11.8.